The molecule has 8 nitrogen and oxygen atoms in total. The maximum absolute atomic E-state index is 11.6. The van der Waals surface area contributed by atoms with Crippen LogP contribution in [0.15, 0.2) is 24.3 Å². The molecule has 1 amide bonds. The van der Waals surface area contributed by atoms with Gasteiger partial charge in [0.15, 0.2) is 0 Å². The lowest BCUT2D eigenvalue weighted by atomic mass is 10.2. The molecule has 0 aliphatic rings. The maximum Gasteiger partial charge on any atom is 0.337 e. The van der Waals surface area contributed by atoms with E-state index in [0.717, 1.165) is 0 Å². The monoisotopic (exact) mass is 233 g/mol. The second kappa shape index (κ2) is 4.39. The predicted molar refractivity (Wildman–Crippen MR) is 55.5 cm³/mol. The van der Waals surface area contributed by atoms with Gasteiger partial charge in [-0.3, -0.25) is 4.79 Å². The van der Waals surface area contributed by atoms with E-state index >= 15 is 0 Å². The zero-order chi connectivity index (χ0) is 12.3. The number of carboxylic acid groups (broad SMARTS) is 1. The minimum absolute atomic E-state index is 0.00987. The number of aromatic carboxylic acids is 1. The second-order valence-electron chi connectivity index (χ2n) is 3.04. The molecular formula is C9H7N5O3. The van der Waals surface area contributed by atoms with Gasteiger partial charge in [-0.25, -0.2) is 4.79 Å². The van der Waals surface area contributed by atoms with Gasteiger partial charge in [0.2, 0.25) is 0 Å². The smallest absolute Gasteiger partial charge is 0.337 e. The van der Waals surface area contributed by atoms with Crippen LogP contribution in [0.4, 0.5) is 5.69 Å². The number of hydrogen-bond acceptors (Lipinski definition) is 5. The summed E-state index contributed by atoms with van der Waals surface area (Å²) in [6.45, 7) is 0. The lowest BCUT2D eigenvalue weighted by molar-refractivity contribution is 0.0698. The molecule has 0 spiro atoms. The number of para-hydroxylation sites is 1. The van der Waals surface area contributed by atoms with Crippen molar-refractivity contribution in [3.63, 3.8) is 0 Å². The van der Waals surface area contributed by atoms with Crippen molar-refractivity contribution in [2.75, 3.05) is 5.32 Å². The summed E-state index contributed by atoms with van der Waals surface area (Å²) in [7, 11) is 0. The largest absolute Gasteiger partial charge is 0.478 e. The quantitative estimate of drug-likeness (QED) is 0.693. The average Bonchev–Trinajstić information content (AvgIpc) is 2.83. The minimum atomic E-state index is -1.13. The zero-order valence-corrected chi connectivity index (χ0v) is 8.41. The number of rotatable bonds is 3. The van der Waals surface area contributed by atoms with E-state index in [1.807, 2.05) is 0 Å². The maximum atomic E-state index is 11.6. The minimum Gasteiger partial charge on any atom is -0.478 e. The van der Waals surface area contributed by atoms with Crippen molar-refractivity contribution in [2.24, 2.45) is 0 Å². The Morgan fingerprint density at radius 1 is 1.29 bits per heavy atom. The van der Waals surface area contributed by atoms with Gasteiger partial charge in [0.1, 0.15) is 0 Å². The van der Waals surface area contributed by atoms with Crippen LogP contribution in [-0.2, 0) is 0 Å². The Balaban J connectivity index is 2.25. The molecule has 17 heavy (non-hydrogen) atoms. The number of anilines is 1. The van der Waals surface area contributed by atoms with Crippen molar-refractivity contribution in [2.45, 2.75) is 0 Å². The Labute approximate surface area is 94.7 Å². The van der Waals surface area contributed by atoms with Crippen LogP contribution in [-0.4, -0.2) is 37.6 Å². The molecule has 0 bridgehead atoms. The molecule has 1 aromatic heterocycles. The SMILES string of the molecule is O=C(Nc1ccccc1C(=O)O)c1nn[nH]n1. The Bertz CT molecular complexity index is 552. The molecule has 0 fully saturated rings. The van der Waals surface area contributed by atoms with Gasteiger partial charge >= 0.3 is 5.97 Å². The van der Waals surface area contributed by atoms with Gasteiger partial charge in [-0.1, -0.05) is 12.1 Å². The normalized spacial score (nSPS) is 9.88. The predicted octanol–water partition coefficient (Wildman–Crippen LogP) is 0.150. The molecule has 0 atom stereocenters. The molecule has 2 rings (SSSR count). The van der Waals surface area contributed by atoms with Crippen LogP contribution in [0, 0.1) is 0 Å². The summed E-state index contributed by atoms with van der Waals surface area (Å²) in [5, 5.41) is 23.6. The highest BCUT2D eigenvalue weighted by Crippen LogP contribution is 2.15. The molecule has 86 valence electrons. The Kier molecular flexibility index (Phi) is 2.77. The van der Waals surface area contributed by atoms with E-state index in [9.17, 15) is 9.59 Å². The second-order valence-corrected chi connectivity index (χ2v) is 3.04. The highest BCUT2D eigenvalue weighted by atomic mass is 16.4. The number of benzene rings is 1. The lowest BCUT2D eigenvalue weighted by Crippen LogP contribution is -2.16. The van der Waals surface area contributed by atoms with Crippen molar-refractivity contribution in [1.29, 1.82) is 0 Å². The number of carbonyl (C=O) groups excluding carboxylic acids is 1. The summed E-state index contributed by atoms with van der Waals surface area (Å²) in [6, 6.07) is 6.03. The Morgan fingerprint density at radius 2 is 2.06 bits per heavy atom. The van der Waals surface area contributed by atoms with Crippen LogP contribution in [0.1, 0.15) is 21.0 Å². The third kappa shape index (κ3) is 2.25. The fourth-order valence-electron chi connectivity index (χ4n) is 1.21. The van der Waals surface area contributed by atoms with Gasteiger partial charge in [0.05, 0.1) is 11.3 Å². The van der Waals surface area contributed by atoms with Crippen LogP contribution in [0.2, 0.25) is 0 Å². The van der Waals surface area contributed by atoms with Gasteiger partial charge in [-0.05, 0) is 17.3 Å². The first kappa shape index (κ1) is 10.7. The molecule has 0 unspecified atom stereocenters. The van der Waals surface area contributed by atoms with E-state index in [1.165, 1.54) is 12.1 Å². The summed E-state index contributed by atoms with van der Waals surface area (Å²) in [5.41, 5.74) is 0.166. The molecule has 8 heteroatoms. The summed E-state index contributed by atoms with van der Waals surface area (Å²) in [4.78, 5) is 22.4. The van der Waals surface area contributed by atoms with Crippen molar-refractivity contribution >= 4 is 17.6 Å². The van der Waals surface area contributed by atoms with Crippen molar-refractivity contribution in [3.05, 3.63) is 35.7 Å². The molecule has 1 heterocycles. The van der Waals surface area contributed by atoms with Crippen molar-refractivity contribution in [1.82, 2.24) is 20.6 Å². The van der Waals surface area contributed by atoms with Crippen LogP contribution in [0.5, 0.6) is 0 Å². The summed E-state index contributed by atoms with van der Waals surface area (Å²) in [6.07, 6.45) is 0. The first-order valence-electron chi connectivity index (χ1n) is 4.55. The standard InChI is InChI=1S/C9H7N5O3/c15-8(7-11-13-14-12-7)10-6-4-2-1-3-5(6)9(16)17/h1-4H,(H,10,15)(H,16,17)(H,11,12,13,14). The molecule has 0 saturated heterocycles. The topological polar surface area (TPSA) is 121 Å². The first-order valence-corrected chi connectivity index (χ1v) is 4.55. The number of tetrazole rings is 1. The zero-order valence-electron chi connectivity index (χ0n) is 8.41. The Morgan fingerprint density at radius 3 is 2.71 bits per heavy atom. The number of amides is 1. The number of H-pyrrole nitrogens is 1. The van der Waals surface area contributed by atoms with Crippen molar-refractivity contribution < 1.29 is 14.7 Å². The highest BCUT2D eigenvalue weighted by molar-refractivity contribution is 6.05. The number of carboxylic acids is 1. The molecule has 3 N–H and O–H groups in total. The highest BCUT2D eigenvalue weighted by Gasteiger charge is 2.15. The fourth-order valence-corrected chi connectivity index (χ4v) is 1.21. The molecule has 0 saturated carbocycles. The van der Waals surface area contributed by atoms with Crippen LogP contribution < -0.4 is 5.32 Å². The third-order valence-electron chi connectivity index (χ3n) is 1.95. The number of aromatic nitrogens is 4. The first-order chi connectivity index (χ1) is 8.18. The van der Waals surface area contributed by atoms with Crippen LogP contribution in [0.3, 0.4) is 0 Å². The molecule has 0 aliphatic carbocycles. The average molecular weight is 233 g/mol. The van der Waals surface area contributed by atoms with Gasteiger partial charge in [0, 0.05) is 0 Å². The summed E-state index contributed by atoms with van der Waals surface area (Å²) in [5.74, 6) is -1.92. The fraction of sp³-hybridized carbons (Fsp3) is 0. The molecule has 2 aromatic rings. The van der Waals surface area contributed by atoms with Crippen LogP contribution >= 0.6 is 0 Å². The number of aromatic amines is 1. The summed E-state index contributed by atoms with van der Waals surface area (Å²) >= 11 is 0. The van der Waals surface area contributed by atoms with Crippen LogP contribution in [0.25, 0.3) is 0 Å². The number of nitrogens with one attached hydrogen (secondary N) is 2. The van der Waals surface area contributed by atoms with E-state index in [2.05, 4.69) is 25.9 Å². The van der Waals surface area contributed by atoms with Gasteiger partial charge in [-0.15, -0.1) is 10.2 Å². The lowest BCUT2D eigenvalue weighted by Gasteiger charge is -2.05. The number of nitrogens with zero attached hydrogens (tertiary/aromatic N) is 3. The Hall–Kier alpha value is -2.77. The van der Waals surface area contributed by atoms with E-state index in [0.29, 0.717) is 0 Å². The number of hydrogen-bond donors (Lipinski definition) is 3. The van der Waals surface area contributed by atoms with Gasteiger partial charge < -0.3 is 10.4 Å². The number of carbonyl (C=O) groups is 2. The van der Waals surface area contributed by atoms with Gasteiger partial charge in [-0.2, -0.15) is 5.21 Å². The van der Waals surface area contributed by atoms with E-state index < -0.39 is 11.9 Å². The third-order valence-corrected chi connectivity index (χ3v) is 1.95. The van der Waals surface area contributed by atoms with E-state index in [1.54, 1.807) is 12.1 Å². The van der Waals surface area contributed by atoms with Crippen molar-refractivity contribution in [3.8, 4) is 0 Å². The summed E-state index contributed by atoms with van der Waals surface area (Å²) < 4.78 is 0. The molecule has 0 radical (unpaired) electrons. The molecule has 1 aromatic carbocycles. The molecule has 0 aliphatic heterocycles. The molecular weight excluding hydrogens is 226 g/mol. The van der Waals surface area contributed by atoms with Gasteiger partial charge in [0.25, 0.3) is 11.7 Å². The van der Waals surface area contributed by atoms with E-state index in [-0.39, 0.29) is 17.1 Å². The van der Waals surface area contributed by atoms with E-state index in [4.69, 9.17) is 5.11 Å².